The number of carbonyl (C=O) groups is 1. The highest BCUT2D eigenvalue weighted by molar-refractivity contribution is 6.26. The largest absolute Gasteiger partial charge is 0.495 e. The Morgan fingerprint density at radius 1 is 1.22 bits per heavy atom. The smallest absolute Gasteiger partial charge is 0.270 e. The minimum Gasteiger partial charge on any atom is -0.495 e. The number of aliphatic hydroxyl groups excluding tert-OH is 1. The van der Waals surface area contributed by atoms with Gasteiger partial charge < -0.3 is 19.7 Å². The molecule has 0 radical (unpaired) electrons. The number of aliphatic hydroxyl groups is 1. The van der Waals surface area contributed by atoms with Crippen LogP contribution in [0.15, 0.2) is 35.3 Å². The molecule has 1 aromatic carbocycles. The van der Waals surface area contributed by atoms with E-state index < -0.39 is 10.5 Å². The number of ketones is 1. The van der Waals surface area contributed by atoms with Crippen LogP contribution in [-0.4, -0.2) is 52.2 Å². The third kappa shape index (κ3) is 3.83. The van der Waals surface area contributed by atoms with Crippen LogP contribution in [0.3, 0.4) is 0 Å². The number of pyridine rings is 2. The van der Waals surface area contributed by atoms with Crippen molar-refractivity contribution in [3.05, 3.63) is 62.1 Å². The Morgan fingerprint density at radius 2 is 2.00 bits per heavy atom. The predicted octanol–water partition coefficient (Wildman–Crippen LogP) is 1.92. The maximum absolute atomic E-state index is 13.3. The van der Waals surface area contributed by atoms with Gasteiger partial charge in [-0.05, 0) is 25.1 Å². The first kappa shape index (κ1) is 23.3. The highest BCUT2D eigenvalue weighted by Crippen LogP contribution is 2.39. The van der Waals surface area contributed by atoms with Gasteiger partial charge in [0.1, 0.15) is 5.75 Å². The standard InChI is InChI=1S/C21H20N4O6.ClH/c1-31-13-10-16-18(23-11-13)19-17(20(16)27)14-4-3-12(25(29)30)9-15(14)21(28)24(19)7-2-5-22-6-8-26;/h3-4,9-11,22,26H,2,5-8H2,1H3;1H. The van der Waals surface area contributed by atoms with Crippen LogP contribution in [0, 0.1) is 10.1 Å². The second kappa shape index (κ2) is 9.43. The summed E-state index contributed by atoms with van der Waals surface area (Å²) in [5.41, 5.74) is 0.800. The molecule has 32 heavy (non-hydrogen) atoms. The van der Waals surface area contributed by atoms with Gasteiger partial charge in [-0.1, -0.05) is 0 Å². The van der Waals surface area contributed by atoms with Crippen molar-refractivity contribution >= 4 is 34.7 Å². The number of hydrogen-bond donors (Lipinski definition) is 2. The van der Waals surface area contributed by atoms with Crippen LogP contribution in [0.4, 0.5) is 5.69 Å². The van der Waals surface area contributed by atoms with E-state index >= 15 is 0 Å². The van der Waals surface area contributed by atoms with E-state index in [0.29, 0.717) is 53.2 Å². The summed E-state index contributed by atoms with van der Waals surface area (Å²) in [6.45, 7) is 1.26. The van der Waals surface area contributed by atoms with Crippen molar-refractivity contribution in [1.29, 1.82) is 0 Å². The van der Waals surface area contributed by atoms with Gasteiger partial charge in [-0.15, -0.1) is 12.4 Å². The van der Waals surface area contributed by atoms with Crippen molar-refractivity contribution in [2.75, 3.05) is 26.8 Å². The van der Waals surface area contributed by atoms with E-state index in [4.69, 9.17) is 9.84 Å². The number of non-ortho nitro benzene ring substituents is 1. The molecule has 2 aromatic heterocycles. The number of halogens is 1. The zero-order valence-corrected chi connectivity index (χ0v) is 18.0. The van der Waals surface area contributed by atoms with Crippen molar-refractivity contribution < 1.29 is 19.6 Å². The van der Waals surface area contributed by atoms with Gasteiger partial charge in [-0.2, -0.15) is 0 Å². The lowest BCUT2D eigenvalue weighted by atomic mass is 10.0. The summed E-state index contributed by atoms with van der Waals surface area (Å²) in [6, 6.07) is 5.53. The van der Waals surface area contributed by atoms with Crippen LogP contribution in [0.1, 0.15) is 22.3 Å². The number of nitro benzene ring substituents is 1. The SMILES string of the molecule is COc1cnc2c(c1)C(=O)c1c-2n(CCCNCCO)c(=O)c2cc([N+](=O)[O-])ccc12.Cl. The highest BCUT2D eigenvalue weighted by atomic mass is 35.5. The number of nitrogens with zero attached hydrogens (tertiary/aromatic N) is 3. The molecule has 0 unspecified atom stereocenters. The van der Waals surface area contributed by atoms with E-state index in [1.807, 2.05) is 0 Å². The molecule has 4 rings (SSSR count). The zero-order valence-electron chi connectivity index (χ0n) is 17.2. The summed E-state index contributed by atoms with van der Waals surface area (Å²) >= 11 is 0. The Morgan fingerprint density at radius 3 is 2.69 bits per heavy atom. The van der Waals surface area contributed by atoms with Gasteiger partial charge in [-0.3, -0.25) is 24.7 Å². The first-order chi connectivity index (χ1) is 15.0. The molecule has 0 saturated heterocycles. The highest BCUT2D eigenvalue weighted by Gasteiger charge is 2.34. The number of methoxy groups -OCH3 is 1. The molecule has 2 N–H and O–H groups in total. The number of fused-ring (bicyclic) bond motifs is 5. The Balaban J connectivity index is 0.00000289. The maximum atomic E-state index is 13.3. The van der Waals surface area contributed by atoms with Crippen molar-refractivity contribution in [2.45, 2.75) is 13.0 Å². The van der Waals surface area contributed by atoms with Crippen LogP contribution in [0.5, 0.6) is 5.75 Å². The molecule has 0 atom stereocenters. The van der Waals surface area contributed by atoms with Gasteiger partial charge in [0, 0.05) is 30.6 Å². The van der Waals surface area contributed by atoms with Gasteiger partial charge in [0.2, 0.25) is 0 Å². The van der Waals surface area contributed by atoms with Crippen molar-refractivity contribution in [3.8, 4) is 17.1 Å². The molecular formula is C21H21ClN4O6. The Labute approximate surface area is 188 Å². The molecule has 1 aliphatic carbocycles. The van der Waals surface area contributed by atoms with Gasteiger partial charge in [-0.25, -0.2) is 0 Å². The summed E-state index contributed by atoms with van der Waals surface area (Å²) in [5.74, 6) is 0.115. The monoisotopic (exact) mass is 460 g/mol. The van der Waals surface area contributed by atoms with Gasteiger partial charge >= 0.3 is 0 Å². The second-order valence-corrected chi connectivity index (χ2v) is 7.09. The maximum Gasteiger partial charge on any atom is 0.270 e. The summed E-state index contributed by atoms with van der Waals surface area (Å²) < 4.78 is 6.65. The van der Waals surface area contributed by atoms with E-state index in [9.17, 15) is 19.7 Å². The van der Waals surface area contributed by atoms with Crippen molar-refractivity contribution in [1.82, 2.24) is 14.9 Å². The minimum absolute atomic E-state index is 0. The average Bonchev–Trinajstić information content (AvgIpc) is 3.07. The van der Waals surface area contributed by atoms with Gasteiger partial charge in [0.25, 0.3) is 11.2 Å². The summed E-state index contributed by atoms with van der Waals surface area (Å²) in [5, 5.41) is 23.7. The summed E-state index contributed by atoms with van der Waals surface area (Å²) in [6.07, 6.45) is 2.03. The Hall–Kier alpha value is -3.34. The molecule has 0 bridgehead atoms. The van der Waals surface area contributed by atoms with Crippen LogP contribution >= 0.6 is 12.4 Å². The average molecular weight is 461 g/mol. The molecule has 168 valence electrons. The number of rotatable bonds is 8. The molecule has 10 nitrogen and oxygen atoms in total. The van der Waals surface area contributed by atoms with E-state index in [2.05, 4.69) is 10.3 Å². The normalized spacial score (nSPS) is 11.8. The second-order valence-electron chi connectivity index (χ2n) is 7.09. The molecule has 0 amide bonds. The van der Waals surface area contributed by atoms with Crippen molar-refractivity contribution in [3.63, 3.8) is 0 Å². The first-order valence-corrected chi connectivity index (χ1v) is 9.73. The molecule has 0 fully saturated rings. The lowest BCUT2D eigenvalue weighted by molar-refractivity contribution is -0.384. The quantitative estimate of drug-likeness (QED) is 0.231. The number of nitrogens with one attached hydrogen (secondary N) is 1. The molecule has 2 heterocycles. The third-order valence-corrected chi connectivity index (χ3v) is 5.28. The Bertz CT molecular complexity index is 1270. The number of hydrogen-bond acceptors (Lipinski definition) is 8. The van der Waals surface area contributed by atoms with E-state index in [1.165, 1.54) is 36.1 Å². The lowest BCUT2D eigenvalue weighted by Gasteiger charge is -2.14. The molecule has 0 spiro atoms. The van der Waals surface area contributed by atoms with Crippen molar-refractivity contribution in [2.24, 2.45) is 0 Å². The number of benzene rings is 1. The summed E-state index contributed by atoms with van der Waals surface area (Å²) in [7, 11) is 1.47. The fourth-order valence-electron chi connectivity index (χ4n) is 3.86. The van der Waals surface area contributed by atoms with E-state index in [1.54, 1.807) is 6.07 Å². The van der Waals surface area contributed by atoms with Gasteiger partial charge in [0.05, 0.1) is 52.7 Å². The van der Waals surface area contributed by atoms with E-state index in [-0.39, 0.29) is 42.4 Å². The molecular weight excluding hydrogens is 440 g/mol. The minimum atomic E-state index is -0.571. The number of nitro groups is 1. The zero-order chi connectivity index (χ0) is 22.1. The molecule has 3 aromatic rings. The molecule has 11 heteroatoms. The number of carbonyl (C=O) groups excluding carboxylic acids is 1. The number of ether oxygens (including phenoxy) is 1. The van der Waals surface area contributed by atoms with E-state index in [0.717, 1.165) is 0 Å². The van der Waals surface area contributed by atoms with Crippen LogP contribution in [0.2, 0.25) is 0 Å². The predicted molar refractivity (Wildman–Crippen MR) is 120 cm³/mol. The van der Waals surface area contributed by atoms with Crippen LogP contribution in [0.25, 0.3) is 22.2 Å². The molecule has 0 aliphatic heterocycles. The first-order valence-electron chi connectivity index (χ1n) is 9.73. The fourth-order valence-corrected chi connectivity index (χ4v) is 3.86. The Kier molecular flexibility index (Phi) is 6.87. The molecule has 0 saturated carbocycles. The molecule has 1 aliphatic rings. The van der Waals surface area contributed by atoms with Crippen LogP contribution in [-0.2, 0) is 6.54 Å². The third-order valence-electron chi connectivity index (χ3n) is 5.28. The van der Waals surface area contributed by atoms with Crippen LogP contribution < -0.4 is 15.6 Å². The fraction of sp³-hybridized carbons (Fsp3) is 0.286. The van der Waals surface area contributed by atoms with Gasteiger partial charge in [0.15, 0.2) is 5.78 Å². The number of aromatic nitrogens is 2. The lowest BCUT2D eigenvalue weighted by Crippen LogP contribution is -2.26. The topological polar surface area (TPSA) is 137 Å². The summed E-state index contributed by atoms with van der Waals surface area (Å²) in [4.78, 5) is 41.7.